The number of rotatable bonds is 1. The maximum atomic E-state index is 13.2. The van der Waals surface area contributed by atoms with Gasteiger partial charge in [0.1, 0.15) is 11.4 Å². The smallest absolute Gasteiger partial charge is 0.417 e. The number of carbonyl (C=O) groups is 1. The summed E-state index contributed by atoms with van der Waals surface area (Å²) in [6.07, 6.45) is -4.83. The summed E-state index contributed by atoms with van der Waals surface area (Å²) < 4.78 is 54.8. The molecule has 0 aliphatic heterocycles. The second kappa shape index (κ2) is 4.40. The fraction of sp³-hybridized carbons (Fsp3) is 0.222. The standard InChI is InChI=1S/C9H5BrF4O2/c1-16-8(15)7-5(9(12,13)14)2-4(10)3-6(7)11/h2-3H,1H3. The Morgan fingerprint density at radius 1 is 1.38 bits per heavy atom. The molecule has 0 heterocycles. The first-order valence-electron chi connectivity index (χ1n) is 3.92. The maximum absolute atomic E-state index is 13.2. The largest absolute Gasteiger partial charge is 0.465 e. The molecule has 88 valence electrons. The van der Waals surface area contributed by atoms with E-state index >= 15 is 0 Å². The van der Waals surface area contributed by atoms with Gasteiger partial charge in [0, 0.05) is 4.47 Å². The summed E-state index contributed by atoms with van der Waals surface area (Å²) in [5.41, 5.74) is -2.48. The van der Waals surface area contributed by atoms with Crippen LogP contribution in [0, 0.1) is 5.82 Å². The summed E-state index contributed by atoms with van der Waals surface area (Å²) in [5, 5.41) is 0. The van der Waals surface area contributed by atoms with Crippen LogP contribution in [0.2, 0.25) is 0 Å². The molecule has 0 atom stereocenters. The number of ether oxygens (including phenoxy) is 1. The highest BCUT2D eigenvalue weighted by atomic mass is 79.9. The molecule has 0 unspecified atom stereocenters. The van der Waals surface area contributed by atoms with Crippen molar-refractivity contribution >= 4 is 21.9 Å². The van der Waals surface area contributed by atoms with Crippen molar-refractivity contribution in [2.45, 2.75) is 6.18 Å². The summed E-state index contributed by atoms with van der Waals surface area (Å²) in [7, 11) is 0.879. The van der Waals surface area contributed by atoms with Crippen molar-refractivity contribution in [2.24, 2.45) is 0 Å². The van der Waals surface area contributed by atoms with E-state index in [-0.39, 0.29) is 4.47 Å². The SMILES string of the molecule is COC(=O)c1c(F)cc(Br)cc1C(F)(F)F. The predicted octanol–water partition coefficient (Wildman–Crippen LogP) is 3.39. The Bertz CT molecular complexity index is 428. The average molecular weight is 301 g/mol. The normalized spacial score (nSPS) is 11.4. The first-order chi connectivity index (χ1) is 7.27. The zero-order chi connectivity index (χ0) is 12.5. The summed E-state index contributed by atoms with van der Waals surface area (Å²) >= 11 is 2.72. The van der Waals surface area contributed by atoms with Crippen molar-refractivity contribution < 1.29 is 27.1 Å². The van der Waals surface area contributed by atoms with Crippen LogP contribution in [0.3, 0.4) is 0 Å². The zero-order valence-corrected chi connectivity index (χ0v) is 9.45. The van der Waals surface area contributed by atoms with Gasteiger partial charge >= 0.3 is 12.1 Å². The Balaban J connectivity index is 3.51. The van der Waals surface area contributed by atoms with Crippen molar-refractivity contribution in [3.63, 3.8) is 0 Å². The minimum absolute atomic E-state index is 0.107. The molecule has 0 N–H and O–H groups in total. The van der Waals surface area contributed by atoms with Crippen LogP contribution in [0.4, 0.5) is 17.6 Å². The molecule has 0 spiro atoms. The first-order valence-corrected chi connectivity index (χ1v) is 4.71. The highest BCUT2D eigenvalue weighted by Crippen LogP contribution is 2.35. The fourth-order valence-corrected chi connectivity index (χ4v) is 1.54. The molecule has 0 bridgehead atoms. The van der Waals surface area contributed by atoms with Gasteiger partial charge in [0.05, 0.1) is 12.7 Å². The molecule has 16 heavy (non-hydrogen) atoms. The number of hydrogen-bond donors (Lipinski definition) is 0. The van der Waals surface area contributed by atoms with E-state index in [1.807, 2.05) is 0 Å². The van der Waals surface area contributed by atoms with Crippen LogP contribution < -0.4 is 0 Å². The van der Waals surface area contributed by atoms with Crippen molar-refractivity contribution in [1.82, 2.24) is 0 Å². The van der Waals surface area contributed by atoms with E-state index in [0.29, 0.717) is 6.07 Å². The van der Waals surface area contributed by atoms with Gasteiger partial charge in [-0.15, -0.1) is 0 Å². The lowest BCUT2D eigenvalue weighted by molar-refractivity contribution is -0.138. The molecule has 1 rings (SSSR count). The van der Waals surface area contributed by atoms with Gasteiger partial charge in [0.2, 0.25) is 0 Å². The molecule has 0 radical (unpaired) electrons. The number of halogens is 5. The van der Waals surface area contributed by atoms with Gasteiger partial charge in [-0.05, 0) is 12.1 Å². The lowest BCUT2D eigenvalue weighted by Gasteiger charge is -2.12. The van der Waals surface area contributed by atoms with Crippen molar-refractivity contribution in [3.05, 3.63) is 33.5 Å². The average Bonchev–Trinajstić information content (AvgIpc) is 2.14. The molecule has 0 saturated carbocycles. The summed E-state index contributed by atoms with van der Waals surface area (Å²) in [4.78, 5) is 11.0. The highest BCUT2D eigenvalue weighted by Gasteiger charge is 2.37. The summed E-state index contributed by atoms with van der Waals surface area (Å²) in [6, 6.07) is 1.39. The van der Waals surface area contributed by atoms with Crippen LogP contribution in [0.5, 0.6) is 0 Å². The van der Waals surface area contributed by atoms with E-state index in [0.717, 1.165) is 13.2 Å². The topological polar surface area (TPSA) is 26.3 Å². The van der Waals surface area contributed by atoms with Crippen LogP contribution in [-0.2, 0) is 10.9 Å². The Morgan fingerprint density at radius 3 is 2.38 bits per heavy atom. The van der Waals surface area contributed by atoms with E-state index in [9.17, 15) is 22.4 Å². The van der Waals surface area contributed by atoms with Crippen LogP contribution in [0.25, 0.3) is 0 Å². The molecule has 0 amide bonds. The molecule has 7 heteroatoms. The molecule has 1 aromatic carbocycles. The Labute approximate surface area is 96.3 Å². The monoisotopic (exact) mass is 300 g/mol. The number of methoxy groups -OCH3 is 1. The molecule has 0 fully saturated rings. The number of hydrogen-bond acceptors (Lipinski definition) is 2. The third-order valence-electron chi connectivity index (χ3n) is 1.75. The zero-order valence-electron chi connectivity index (χ0n) is 7.86. The van der Waals surface area contributed by atoms with Gasteiger partial charge in [0.15, 0.2) is 0 Å². The van der Waals surface area contributed by atoms with Crippen molar-refractivity contribution in [2.75, 3.05) is 7.11 Å². The summed E-state index contributed by atoms with van der Waals surface area (Å²) in [5.74, 6) is -2.65. The maximum Gasteiger partial charge on any atom is 0.417 e. The van der Waals surface area contributed by atoms with E-state index in [1.54, 1.807) is 0 Å². The van der Waals surface area contributed by atoms with Gasteiger partial charge in [0.25, 0.3) is 0 Å². The Kier molecular flexibility index (Phi) is 3.57. The van der Waals surface area contributed by atoms with E-state index < -0.39 is 29.1 Å². The summed E-state index contributed by atoms with van der Waals surface area (Å²) in [6.45, 7) is 0. The lowest BCUT2D eigenvalue weighted by Crippen LogP contribution is -2.16. The highest BCUT2D eigenvalue weighted by molar-refractivity contribution is 9.10. The van der Waals surface area contributed by atoms with Crippen molar-refractivity contribution in [3.8, 4) is 0 Å². The number of esters is 1. The third kappa shape index (κ3) is 2.52. The second-order valence-electron chi connectivity index (χ2n) is 2.80. The van der Waals surface area contributed by atoms with Crippen LogP contribution in [0.15, 0.2) is 16.6 Å². The van der Waals surface area contributed by atoms with E-state index in [1.165, 1.54) is 0 Å². The molecule has 0 aliphatic rings. The number of benzene rings is 1. The quantitative estimate of drug-likeness (QED) is 0.587. The van der Waals surface area contributed by atoms with Gasteiger partial charge in [-0.3, -0.25) is 0 Å². The first kappa shape index (κ1) is 13.0. The molecular formula is C9H5BrF4O2. The minimum atomic E-state index is -4.83. The predicted molar refractivity (Wildman–Crippen MR) is 50.4 cm³/mol. The molecule has 1 aromatic rings. The molecule has 0 aliphatic carbocycles. The van der Waals surface area contributed by atoms with Crippen LogP contribution >= 0.6 is 15.9 Å². The van der Waals surface area contributed by atoms with Gasteiger partial charge in [-0.25, -0.2) is 9.18 Å². The Hall–Kier alpha value is -1.11. The van der Waals surface area contributed by atoms with Crippen LogP contribution in [-0.4, -0.2) is 13.1 Å². The van der Waals surface area contributed by atoms with Gasteiger partial charge < -0.3 is 4.74 Å². The Morgan fingerprint density at radius 2 is 1.94 bits per heavy atom. The number of alkyl halides is 3. The lowest BCUT2D eigenvalue weighted by atomic mass is 10.1. The molecule has 0 aromatic heterocycles. The van der Waals surface area contributed by atoms with E-state index in [2.05, 4.69) is 20.7 Å². The minimum Gasteiger partial charge on any atom is -0.465 e. The van der Waals surface area contributed by atoms with Crippen molar-refractivity contribution in [1.29, 1.82) is 0 Å². The third-order valence-corrected chi connectivity index (χ3v) is 2.21. The van der Waals surface area contributed by atoms with Gasteiger partial charge in [-0.2, -0.15) is 13.2 Å². The number of carbonyl (C=O) groups excluding carboxylic acids is 1. The molecule has 2 nitrogen and oxygen atoms in total. The molecule has 0 saturated heterocycles. The van der Waals surface area contributed by atoms with E-state index in [4.69, 9.17) is 0 Å². The fourth-order valence-electron chi connectivity index (χ4n) is 1.11. The van der Waals surface area contributed by atoms with Crippen LogP contribution in [0.1, 0.15) is 15.9 Å². The van der Waals surface area contributed by atoms with Gasteiger partial charge in [-0.1, -0.05) is 15.9 Å². The molecular weight excluding hydrogens is 296 g/mol. The second-order valence-corrected chi connectivity index (χ2v) is 3.72.